The number of hydrogen-bond acceptors (Lipinski definition) is 5. The van der Waals surface area contributed by atoms with E-state index in [1.54, 1.807) is 18.5 Å². The highest BCUT2D eigenvalue weighted by Gasteiger charge is 2.13. The summed E-state index contributed by atoms with van der Waals surface area (Å²) >= 11 is 0. The van der Waals surface area contributed by atoms with Crippen molar-refractivity contribution in [1.29, 1.82) is 0 Å². The van der Waals surface area contributed by atoms with Crippen LogP contribution in [0, 0.1) is 0 Å². The highest BCUT2D eigenvalue weighted by molar-refractivity contribution is 5.85. The largest absolute Gasteiger partial charge is 0.478 e. The minimum absolute atomic E-state index is 0.696. The Labute approximate surface area is 134 Å². The lowest BCUT2D eigenvalue weighted by molar-refractivity contribution is -0.131. The molecular weight excluding hydrogens is 294 g/mol. The van der Waals surface area contributed by atoms with Crippen molar-refractivity contribution in [2.75, 3.05) is 31.2 Å². The quantitative estimate of drug-likeness (QED) is 0.871. The average molecular weight is 311 g/mol. The molecule has 6 heteroatoms. The molecule has 1 aromatic carbocycles. The highest BCUT2D eigenvalue weighted by atomic mass is 16.5. The van der Waals surface area contributed by atoms with Gasteiger partial charge in [-0.3, -0.25) is 4.98 Å². The fourth-order valence-corrected chi connectivity index (χ4v) is 2.41. The summed E-state index contributed by atoms with van der Waals surface area (Å²) in [5.41, 5.74) is 2.48. The standard InChI is InChI=1S/C17H17N3O3/c21-17(22)5-4-13-2-1-3-14(10-13)15-11-18-12-16(19-15)20-6-8-23-9-7-20/h1-5,10-12H,6-9H2,(H,21,22)/b5-4+. The van der Waals surface area contributed by atoms with Gasteiger partial charge in [-0.1, -0.05) is 18.2 Å². The predicted molar refractivity (Wildman–Crippen MR) is 87.2 cm³/mol. The molecule has 0 radical (unpaired) electrons. The van der Waals surface area contributed by atoms with E-state index in [1.807, 2.05) is 24.3 Å². The molecule has 1 saturated heterocycles. The molecule has 1 aliphatic rings. The van der Waals surface area contributed by atoms with Gasteiger partial charge in [-0.05, 0) is 17.7 Å². The Bertz CT molecular complexity index is 725. The van der Waals surface area contributed by atoms with Gasteiger partial charge >= 0.3 is 5.97 Å². The topological polar surface area (TPSA) is 75.5 Å². The van der Waals surface area contributed by atoms with Crippen LogP contribution in [0.15, 0.2) is 42.7 Å². The first-order valence-corrected chi connectivity index (χ1v) is 7.38. The van der Waals surface area contributed by atoms with Gasteiger partial charge in [-0.2, -0.15) is 0 Å². The minimum atomic E-state index is -0.968. The number of aliphatic carboxylic acids is 1. The third kappa shape index (κ3) is 3.92. The molecule has 0 aliphatic carbocycles. The number of hydrogen-bond donors (Lipinski definition) is 1. The van der Waals surface area contributed by atoms with Crippen LogP contribution in [0.3, 0.4) is 0 Å². The zero-order chi connectivity index (χ0) is 16.1. The smallest absolute Gasteiger partial charge is 0.328 e. The Kier molecular flexibility index (Phi) is 4.63. The van der Waals surface area contributed by atoms with Gasteiger partial charge in [-0.15, -0.1) is 0 Å². The minimum Gasteiger partial charge on any atom is -0.478 e. The summed E-state index contributed by atoms with van der Waals surface area (Å²) in [4.78, 5) is 21.7. The van der Waals surface area contributed by atoms with E-state index < -0.39 is 5.97 Å². The molecule has 0 atom stereocenters. The molecule has 2 heterocycles. The molecule has 0 bridgehead atoms. The van der Waals surface area contributed by atoms with Gasteiger partial charge in [0.15, 0.2) is 0 Å². The van der Waals surface area contributed by atoms with E-state index in [0.717, 1.165) is 41.8 Å². The first kappa shape index (κ1) is 15.2. The number of aromatic nitrogens is 2. The lowest BCUT2D eigenvalue weighted by Crippen LogP contribution is -2.36. The van der Waals surface area contributed by atoms with Gasteiger partial charge in [0, 0.05) is 24.7 Å². The summed E-state index contributed by atoms with van der Waals surface area (Å²) in [6, 6.07) is 7.56. The maximum atomic E-state index is 10.6. The zero-order valence-electron chi connectivity index (χ0n) is 12.6. The van der Waals surface area contributed by atoms with Crippen LogP contribution in [0.4, 0.5) is 5.82 Å². The molecule has 23 heavy (non-hydrogen) atoms. The summed E-state index contributed by atoms with van der Waals surface area (Å²) in [5.74, 6) is -0.137. The second-order valence-electron chi connectivity index (χ2n) is 5.16. The number of carboxylic acid groups (broad SMARTS) is 1. The van der Waals surface area contributed by atoms with Crippen molar-refractivity contribution in [3.05, 3.63) is 48.3 Å². The fraction of sp³-hybridized carbons (Fsp3) is 0.235. The number of ether oxygens (including phenoxy) is 1. The van der Waals surface area contributed by atoms with E-state index in [4.69, 9.17) is 9.84 Å². The monoisotopic (exact) mass is 311 g/mol. The van der Waals surface area contributed by atoms with Gasteiger partial charge in [0.25, 0.3) is 0 Å². The first-order chi connectivity index (χ1) is 11.2. The van der Waals surface area contributed by atoms with E-state index in [-0.39, 0.29) is 0 Å². The van der Waals surface area contributed by atoms with Crippen molar-refractivity contribution in [2.45, 2.75) is 0 Å². The normalized spacial score (nSPS) is 15.0. The molecule has 0 saturated carbocycles. The second kappa shape index (κ2) is 7.02. The number of anilines is 1. The van der Waals surface area contributed by atoms with Gasteiger partial charge < -0.3 is 14.7 Å². The van der Waals surface area contributed by atoms with E-state index in [2.05, 4.69) is 14.9 Å². The van der Waals surface area contributed by atoms with Gasteiger partial charge in [0.2, 0.25) is 0 Å². The van der Waals surface area contributed by atoms with Crippen LogP contribution >= 0.6 is 0 Å². The highest BCUT2D eigenvalue weighted by Crippen LogP contribution is 2.21. The van der Waals surface area contributed by atoms with Crippen molar-refractivity contribution >= 4 is 17.9 Å². The Hall–Kier alpha value is -2.73. The molecule has 118 valence electrons. The molecule has 6 nitrogen and oxygen atoms in total. The maximum Gasteiger partial charge on any atom is 0.328 e. The number of morpholine rings is 1. The van der Waals surface area contributed by atoms with E-state index in [9.17, 15) is 4.79 Å². The Balaban J connectivity index is 1.86. The fourth-order valence-electron chi connectivity index (χ4n) is 2.41. The van der Waals surface area contributed by atoms with Gasteiger partial charge in [0.05, 0.1) is 31.3 Å². The van der Waals surface area contributed by atoms with Gasteiger partial charge in [0.1, 0.15) is 5.82 Å². The lowest BCUT2D eigenvalue weighted by atomic mass is 10.1. The summed E-state index contributed by atoms with van der Waals surface area (Å²) in [6.07, 6.45) is 6.15. The predicted octanol–water partition coefficient (Wildman–Crippen LogP) is 2.08. The molecule has 1 aromatic heterocycles. The van der Waals surface area contributed by atoms with Crippen LogP contribution in [0.1, 0.15) is 5.56 Å². The molecule has 0 spiro atoms. The van der Waals surface area contributed by atoms with Crippen molar-refractivity contribution in [3.8, 4) is 11.3 Å². The summed E-state index contributed by atoms with van der Waals surface area (Å²) in [6.45, 7) is 3.00. The maximum absolute atomic E-state index is 10.6. The third-order valence-corrected chi connectivity index (χ3v) is 3.56. The van der Waals surface area contributed by atoms with Crippen LogP contribution in [0.5, 0.6) is 0 Å². The first-order valence-electron chi connectivity index (χ1n) is 7.38. The summed E-state index contributed by atoms with van der Waals surface area (Å²) in [7, 11) is 0. The Morgan fingerprint density at radius 2 is 2.09 bits per heavy atom. The van der Waals surface area contributed by atoms with Crippen molar-refractivity contribution < 1.29 is 14.6 Å². The summed E-state index contributed by atoms with van der Waals surface area (Å²) in [5, 5.41) is 8.72. The average Bonchev–Trinajstić information content (AvgIpc) is 2.61. The number of carboxylic acids is 1. The second-order valence-corrected chi connectivity index (χ2v) is 5.16. The Morgan fingerprint density at radius 1 is 1.26 bits per heavy atom. The van der Waals surface area contributed by atoms with E-state index in [0.29, 0.717) is 13.2 Å². The molecule has 0 amide bonds. The zero-order valence-corrected chi connectivity index (χ0v) is 12.6. The van der Waals surface area contributed by atoms with Crippen LogP contribution in [-0.4, -0.2) is 47.3 Å². The number of benzene rings is 1. The number of rotatable bonds is 4. The van der Waals surface area contributed by atoms with Crippen LogP contribution < -0.4 is 4.90 Å². The SMILES string of the molecule is O=C(O)/C=C/c1cccc(-c2cncc(N3CCOCC3)n2)c1. The van der Waals surface area contributed by atoms with E-state index >= 15 is 0 Å². The molecule has 3 rings (SSSR count). The number of carbonyl (C=O) groups is 1. The van der Waals surface area contributed by atoms with Crippen LogP contribution in [0.25, 0.3) is 17.3 Å². The molecule has 1 fully saturated rings. The van der Waals surface area contributed by atoms with Crippen molar-refractivity contribution in [2.24, 2.45) is 0 Å². The van der Waals surface area contributed by atoms with E-state index in [1.165, 1.54) is 0 Å². The molecular formula is C17H17N3O3. The lowest BCUT2D eigenvalue weighted by Gasteiger charge is -2.27. The Morgan fingerprint density at radius 3 is 2.87 bits per heavy atom. The van der Waals surface area contributed by atoms with Crippen molar-refractivity contribution in [1.82, 2.24) is 9.97 Å². The molecule has 2 aromatic rings. The molecule has 1 N–H and O–H groups in total. The summed E-state index contributed by atoms with van der Waals surface area (Å²) < 4.78 is 5.35. The van der Waals surface area contributed by atoms with Gasteiger partial charge in [-0.25, -0.2) is 9.78 Å². The molecule has 1 aliphatic heterocycles. The third-order valence-electron chi connectivity index (χ3n) is 3.56. The molecule has 0 unspecified atom stereocenters. The van der Waals surface area contributed by atoms with Crippen molar-refractivity contribution in [3.63, 3.8) is 0 Å². The van der Waals surface area contributed by atoms with Crippen LogP contribution in [0.2, 0.25) is 0 Å². The van der Waals surface area contributed by atoms with Crippen LogP contribution in [-0.2, 0) is 9.53 Å². The number of nitrogens with zero attached hydrogens (tertiary/aromatic N) is 3.